The Morgan fingerprint density at radius 3 is 2.88 bits per heavy atom. The molecule has 4 heteroatoms. The quantitative estimate of drug-likeness (QED) is 0.704. The molecule has 0 atom stereocenters. The molecule has 0 saturated heterocycles. The standard InChI is InChI=1S/C13H23N3O/c1-4-5-9-14-12-7-6-8-13(15-12)17-11-10-16(2)3/h6-8H,4-5,9-11H2,1-3H3,(H,14,15). The number of ether oxygens (including phenoxy) is 1. The molecule has 1 rings (SSSR count). The Morgan fingerprint density at radius 1 is 1.35 bits per heavy atom. The van der Waals surface area contributed by atoms with E-state index in [2.05, 4.69) is 22.1 Å². The Hall–Kier alpha value is -1.29. The average molecular weight is 237 g/mol. The highest BCUT2D eigenvalue weighted by Crippen LogP contribution is 2.11. The van der Waals surface area contributed by atoms with Crippen LogP contribution in [0.25, 0.3) is 0 Å². The highest BCUT2D eigenvalue weighted by atomic mass is 16.5. The third kappa shape index (κ3) is 6.12. The molecule has 0 bridgehead atoms. The van der Waals surface area contributed by atoms with Gasteiger partial charge < -0.3 is 15.0 Å². The molecular weight excluding hydrogens is 214 g/mol. The number of pyridine rings is 1. The minimum atomic E-state index is 0.665. The maximum absolute atomic E-state index is 5.57. The van der Waals surface area contributed by atoms with E-state index in [0.29, 0.717) is 12.5 Å². The van der Waals surface area contributed by atoms with Crippen LogP contribution in [0.15, 0.2) is 18.2 Å². The van der Waals surface area contributed by atoms with Gasteiger partial charge in [-0.1, -0.05) is 19.4 Å². The van der Waals surface area contributed by atoms with Crippen LogP contribution in [0.4, 0.5) is 5.82 Å². The van der Waals surface area contributed by atoms with Crippen LogP contribution in [0.3, 0.4) is 0 Å². The number of anilines is 1. The van der Waals surface area contributed by atoms with Gasteiger partial charge in [0, 0.05) is 19.2 Å². The summed E-state index contributed by atoms with van der Waals surface area (Å²) in [6.07, 6.45) is 2.35. The van der Waals surface area contributed by atoms with Crippen LogP contribution in [0.1, 0.15) is 19.8 Å². The van der Waals surface area contributed by atoms with Crippen LogP contribution >= 0.6 is 0 Å². The van der Waals surface area contributed by atoms with Crippen LogP contribution in [-0.2, 0) is 0 Å². The van der Waals surface area contributed by atoms with Crippen molar-refractivity contribution in [1.29, 1.82) is 0 Å². The van der Waals surface area contributed by atoms with Gasteiger partial charge in [0.1, 0.15) is 12.4 Å². The predicted octanol–water partition coefficient (Wildman–Crippen LogP) is 2.23. The third-order valence-corrected chi connectivity index (χ3v) is 2.35. The molecule has 0 saturated carbocycles. The Labute approximate surface area is 104 Å². The first kappa shape index (κ1) is 13.8. The monoisotopic (exact) mass is 237 g/mol. The van der Waals surface area contributed by atoms with E-state index in [1.165, 1.54) is 6.42 Å². The van der Waals surface area contributed by atoms with Gasteiger partial charge in [0.2, 0.25) is 5.88 Å². The number of unbranched alkanes of at least 4 members (excludes halogenated alkanes) is 1. The highest BCUT2D eigenvalue weighted by Gasteiger charge is 1.98. The summed E-state index contributed by atoms with van der Waals surface area (Å²) >= 11 is 0. The third-order valence-electron chi connectivity index (χ3n) is 2.35. The SMILES string of the molecule is CCCCNc1cccc(OCCN(C)C)n1. The molecule has 0 radical (unpaired) electrons. The normalized spacial score (nSPS) is 10.6. The molecule has 0 unspecified atom stereocenters. The van der Waals surface area contributed by atoms with Crippen molar-refractivity contribution in [2.24, 2.45) is 0 Å². The van der Waals surface area contributed by atoms with E-state index in [1.54, 1.807) is 0 Å². The van der Waals surface area contributed by atoms with Crippen molar-refractivity contribution in [3.63, 3.8) is 0 Å². The van der Waals surface area contributed by atoms with Crippen molar-refractivity contribution < 1.29 is 4.74 Å². The summed E-state index contributed by atoms with van der Waals surface area (Å²) in [7, 11) is 4.05. The molecule has 1 aromatic heterocycles. The molecule has 1 aromatic rings. The number of aromatic nitrogens is 1. The Morgan fingerprint density at radius 2 is 2.18 bits per heavy atom. The summed E-state index contributed by atoms with van der Waals surface area (Å²) in [6, 6.07) is 5.82. The number of nitrogens with zero attached hydrogens (tertiary/aromatic N) is 2. The fraction of sp³-hybridized carbons (Fsp3) is 0.615. The molecule has 0 aliphatic rings. The van der Waals surface area contributed by atoms with Crippen molar-refractivity contribution in [3.8, 4) is 5.88 Å². The zero-order valence-electron chi connectivity index (χ0n) is 11.1. The van der Waals surface area contributed by atoms with Crippen molar-refractivity contribution in [1.82, 2.24) is 9.88 Å². The number of likely N-dealkylation sites (N-methyl/N-ethyl adjacent to an activating group) is 1. The van der Waals surface area contributed by atoms with Gasteiger partial charge in [-0.25, -0.2) is 0 Å². The molecule has 1 heterocycles. The maximum Gasteiger partial charge on any atom is 0.215 e. The molecule has 17 heavy (non-hydrogen) atoms. The number of rotatable bonds is 8. The summed E-state index contributed by atoms with van der Waals surface area (Å²) in [5, 5.41) is 3.28. The number of hydrogen-bond donors (Lipinski definition) is 1. The predicted molar refractivity (Wildman–Crippen MR) is 71.7 cm³/mol. The van der Waals surface area contributed by atoms with Crippen LogP contribution in [0.2, 0.25) is 0 Å². The molecule has 0 aliphatic heterocycles. The second kappa shape index (κ2) is 7.90. The lowest BCUT2D eigenvalue weighted by molar-refractivity contribution is 0.254. The Bertz CT molecular complexity index is 315. The van der Waals surface area contributed by atoms with Gasteiger partial charge in [-0.3, -0.25) is 0 Å². The molecule has 0 aromatic carbocycles. The van der Waals surface area contributed by atoms with Crippen LogP contribution in [0, 0.1) is 0 Å². The summed E-state index contributed by atoms with van der Waals surface area (Å²) in [4.78, 5) is 6.48. The van der Waals surface area contributed by atoms with Gasteiger partial charge in [-0.15, -0.1) is 0 Å². The van der Waals surface area contributed by atoms with E-state index in [0.717, 1.165) is 25.3 Å². The second-order valence-corrected chi connectivity index (χ2v) is 4.29. The summed E-state index contributed by atoms with van der Waals surface area (Å²) < 4.78 is 5.57. The highest BCUT2D eigenvalue weighted by molar-refractivity contribution is 5.36. The van der Waals surface area contributed by atoms with Crippen LogP contribution < -0.4 is 10.1 Å². The van der Waals surface area contributed by atoms with E-state index in [4.69, 9.17) is 4.74 Å². The minimum absolute atomic E-state index is 0.665. The van der Waals surface area contributed by atoms with Gasteiger partial charge >= 0.3 is 0 Å². The lowest BCUT2D eigenvalue weighted by Crippen LogP contribution is -2.19. The number of nitrogens with one attached hydrogen (secondary N) is 1. The maximum atomic E-state index is 5.57. The molecule has 0 spiro atoms. The first-order chi connectivity index (χ1) is 8.22. The molecule has 0 aliphatic carbocycles. The van der Waals surface area contributed by atoms with E-state index >= 15 is 0 Å². The van der Waals surface area contributed by atoms with E-state index in [-0.39, 0.29) is 0 Å². The summed E-state index contributed by atoms with van der Waals surface area (Å²) in [6.45, 7) is 4.70. The first-order valence-corrected chi connectivity index (χ1v) is 6.21. The molecule has 0 amide bonds. The van der Waals surface area contributed by atoms with Gasteiger partial charge in [-0.05, 0) is 26.6 Å². The van der Waals surface area contributed by atoms with Crippen molar-refractivity contribution in [2.45, 2.75) is 19.8 Å². The van der Waals surface area contributed by atoms with E-state index in [1.807, 2.05) is 32.3 Å². The van der Waals surface area contributed by atoms with Gasteiger partial charge in [0.25, 0.3) is 0 Å². The molecule has 96 valence electrons. The van der Waals surface area contributed by atoms with Gasteiger partial charge in [0.15, 0.2) is 0 Å². The molecular formula is C13H23N3O. The number of hydrogen-bond acceptors (Lipinski definition) is 4. The van der Waals surface area contributed by atoms with E-state index in [9.17, 15) is 0 Å². The fourth-order valence-electron chi connectivity index (χ4n) is 1.32. The largest absolute Gasteiger partial charge is 0.476 e. The lowest BCUT2D eigenvalue weighted by Gasteiger charge is -2.11. The molecule has 1 N–H and O–H groups in total. The summed E-state index contributed by atoms with van der Waals surface area (Å²) in [5.74, 6) is 1.58. The Balaban J connectivity index is 2.37. The van der Waals surface area contributed by atoms with Crippen molar-refractivity contribution in [3.05, 3.63) is 18.2 Å². The van der Waals surface area contributed by atoms with Gasteiger partial charge in [0.05, 0.1) is 0 Å². The first-order valence-electron chi connectivity index (χ1n) is 6.21. The smallest absolute Gasteiger partial charge is 0.215 e. The van der Waals surface area contributed by atoms with Crippen molar-refractivity contribution in [2.75, 3.05) is 39.1 Å². The van der Waals surface area contributed by atoms with Gasteiger partial charge in [-0.2, -0.15) is 4.98 Å². The summed E-state index contributed by atoms with van der Waals surface area (Å²) in [5.41, 5.74) is 0. The Kier molecular flexibility index (Phi) is 6.40. The minimum Gasteiger partial charge on any atom is -0.476 e. The fourth-order valence-corrected chi connectivity index (χ4v) is 1.32. The van der Waals surface area contributed by atoms with Crippen LogP contribution in [0.5, 0.6) is 5.88 Å². The molecule has 4 nitrogen and oxygen atoms in total. The zero-order chi connectivity index (χ0) is 12.5. The van der Waals surface area contributed by atoms with Crippen molar-refractivity contribution >= 4 is 5.82 Å². The molecule has 0 fully saturated rings. The second-order valence-electron chi connectivity index (χ2n) is 4.29. The zero-order valence-corrected chi connectivity index (χ0v) is 11.1. The lowest BCUT2D eigenvalue weighted by atomic mass is 10.3. The average Bonchev–Trinajstić information content (AvgIpc) is 2.29. The van der Waals surface area contributed by atoms with Crippen LogP contribution in [-0.4, -0.2) is 43.7 Å². The topological polar surface area (TPSA) is 37.4 Å². The van der Waals surface area contributed by atoms with E-state index < -0.39 is 0 Å².